The van der Waals surface area contributed by atoms with E-state index in [9.17, 15) is 14.4 Å². The van der Waals surface area contributed by atoms with Crippen LogP contribution in [-0.2, 0) is 14.4 Å². The van der Waals surface area contributed by atoms with Crippen LogP contribution < -0.4 is 5.32 Å². The number of carboxylic acids is 2. The lowest BCUT2D eigenvalue weighted by molar-refractivity contribution is -0.151. The van der Waals surface area contributed by atoms with Crippen molar-refractivity contribution >= 4 is 39.4 Å². The first kappa shape index (κ1) is 15.1. The minimum atomic E-state index is -1.69. The molecule has 0 aromatic rings. The molecule has 1 amide bonds. The number of carbonyl (C=O) groups is 3. The quantitative estimate of drug-likeness (QED) is 0.473. The standard InChI is InChI=1S/C8H13NO5S2/c1-4(2)16-15-3-5(7(11)12)9-6(10)8(13)14/h4-5H,3H2,1-2H3,(H,9,10)(H,11,12)(H,13,14)/t5-/m0/s1. The maximum absolute atomic E-state index is 10.8. The number of aliphatic carboxylic acids is 2. The second-order valence-corrected chi connectivity index (χ2v) is 6.09. The average molecular weight is 267 g/mol. The third-order valence-electron chi connectivity index (χ3n) is 1.29. The number of hydrogen-bond donors (Lipinski definition) is 3. The fourth-order valence-electron chi connectivity index (χ4n) is 0.638. The number of nitrogens with one attached hydrogen (secondary N) is 1. The van der Waals surface area contributed by atoms with Gasteiger partial charge >= 0.3 is 17.8 Å². The van der Waals surface area contributed by atoms with Gasteiger partial charge in [0.1, 0.15) is 6.04 Å². The largest absolute Gasteiger partial charge is 0.480 e. The average Bonchev–Trinajstić information content (AvgIpc) is 2.14. The molecule has 0 unspecified atom stereocenters. The summed E-state index contributed by atoms with van der Waals surface area (Å²) in [7, 11) is 2.75. The predicted molar refractivity (Wildman–Crippen MR) is 62.4 cm³/mol. The van der Waals surface area contributed by atoms with E-state index in [1.54, 1.807) is 0 Å². The van der Waals surface area contributed by atoms with Gasteiger partial charge in [-0.05, 0) is 0 Å². The first-order valence-electron chi connectivity index (χ1n) is 4.39. The van der Waals surface area contributed by atoms with Crippen LogP contribution in [-0.4, -0.2) is 45.1 Å². The van der Waals surface area contributed by atoms with E-state index in [-0.39, 0.29) is 5.75 Å². The molecule has 92 valence electrons. The van der Waals surface area contributed by atoms with Crippen molar-refractivity contribution < 1.29 is 24.6 Å². The van der Waals surface area contributed by atoms with Crippen LogP contribution in [0.1, 0.15) is 13.8 Å². The highest BCUT2D eigenvalue weighted by atomic mass is 33.1. The number of carboxylic acid groups (broad SMARTS) is 2. The van der Waals surface area contributed by atoms with Gasteiger partial charge in [-0.2, -0.15) is 0 Å². The van der Waals surface area contributed by atoms with Crippen molar-refractivity contribution in [1.29, 1.82) is 0 Å². The molecule has 0 saturated heterocycles. The van der Waals surface area contributed by atoms with Crippen LogP contribution in [0.25, 0.3) is 0 Å². The van der Waals surface area contributed by atoms with Gasteiger partial charge < -0.3 is 15.5 Å². The lowest BCUT2D eigenvalue weighted by atomic mass is 10.3. The van der Waals surface area contributed by atoms with Crippen molar-refractivity contribution in [3.05, 3.63) is 0 Å². The second kappa shape index (κ2) is 7.39. The van der Waals surface area contributed by atoms with Gasteiger partial charge in [-0.25, -0.2) is 9.59 Å². The Morgan fingerprint density at radius 3 is 2.19 bits per heavy atom. The minimum absolute atomic E-state index is 0.122. The van der Waals surface area contributed by atoms with Crippen molar-refractivity contribution in [2.45, 2.75) is 25.1 Å². The zero-order valence-corrected chi connectivity index (χ0v) is 10.4. The summed E-state index contributed by atoms with van der Waals surface area (Å²) < 4.78 is 0. The maximum Gasteiger partial charge on any atom is 0.394 e. The highest BCUT2D eigenvalue weighted by Gasteiger charge is 2.23. The van der Waals surface area contributed by atoms with Crippen molar-refractivity contribution in [2.24, 2.45) is 0 Å². The molecule has 16 heavy (non-hydrogen) atoms. The van der Waals surface area contributed by atoms with E-state index in [0.717, 1.165) is 0 Å². The number of hydrogen-bond acceptors (Lipinski definition) is 5. The van der Waals surface area contributed by atoms with Crippen LogP contribution >= 0.6 is 21.6 Å². The molecule has 0 rings (SSSR count). The zero-order chi connectivity index (χ0) is 12.7. The molecule has 0 aliphatic heterocycles. The Morgan fingerprint density at radius 2 is 1.81 bits per heavy atom. The van der Waals surface area contributed by atoms with Crippen LogP contribution in [0.4, 0.5) is 0 Å². The van der Waals surface area contributed by atoms with Crippen molar-refractivity contribution in [2.75, 3.05) is 5.75 Å². The molecule has 0 aliphatic rings. The Hall–Kier alpha value is -0.890. The normalized spacial score (nSPS) is 12.2. The molecule has 0 saturated carbocycles. The SMILES string of the molecule is CC(C)SSC[C@H](NC(=O)C(=O)O)C(=O)O. The molecule has 0 fully saturated rings. The lowest BCUT2D eigenvalue weighted by Gasteiger charge is -2.12. The summed E-state index contributed by atoms with van der Waals surface area (Å²) in [5, 5.41) is 19.3. The van der Waals surface area contributed by atoms with E-state index in [2.05, 4.69) is 0 Å². The Balaban J connectivity index is 4.13. The fraction of sp³-hybridized carbons (Fsp3) is 0.625. The monoisotopic (exact) mass is 267 g/mol. The van der Waals surface area contributed by atoms with Crippen LogP contribution in [0.3, 0.4) is 0 Å². The van der Waals surface area contributed by atoms with Gasteiger partial charge in [0.05, 0.1) is 0 Å². The summed E-state index contributed by atoms with van der Waals surface area (Å²) in [5.74, 6) is -4.11. The summed E-state index contributed by atoms with van der Waals surface area (Å²) in [4.78, 5) is 31.7. The molecule has 6 nitrogen and oxygen atoms in total. The van der Waals surface area contributed by atoms with Crippen molar-refractivity contribution in [3.8, 4) is 0 Å². The van der Waals surface area contributed by atoms with Gasteiger partial charge in [-0.3, -0.25) is 4.79 Å². The molecule has 1 atom stereocenters. The summed E-state index contributed by atoms with van der Waals surface area (Å²) in [6, 6.07) is -1.18. The molecule has 8 heteroatoms. The van der Waals surface area contributed by atoms with Crippen LogP contribution in [0, 0.1) is 0 Å². The maximum atomic E-state index is 10.8. The van der Waals surface area contributed by atoms with Gasteiger partial charge in [-0.15, -0.1) is 0 Å². The summed E-state index contributed by atoms with van der Waals surface area (Å²) in [5.41, 5.74) is 0. The van der Waals surface area contributed by atoms with E-state index in [1.807, 2.05) is 19.2 Å². The van der Waals surface area contributed by atoms with Gasteiger partial charge in [0.2, 0.25) is 0 Å². The Labute approximate surface area is 101 Å². The molecular formula is C8H13NO5S2. The third-order valence-corrected chi connectivity index (χ3v) is 4.25. The van der Waals surface area contributed by atoms with Crippen LogP contribution in [0.15, 0.2) is 0 Å². The Kier molecular flexibility index (Phi) is 6.98. The highest BCUT2D eigenvalue weighted by Crippen LogP contribution is 2.26. The van der Waals surface area contributed by atoms with Crippen LogP contribution in [0.5, 0.6) is 0 Å². The number of rotatable bonds is 6. The van der Waals surface area contributed by atoms with E-state index < -0.39 is 23.9 Å². The number of amides is 1. The summed E-state index contributed by atoms with van der Waals surface area (Å²) >= 11 is 0. The highest BCUT2D eigenvalue weighted by molar-refractivity contribution is 8.76. The molecule has 0 aliphatic carbocycles. The molecular weight excluding hydrogens is 254 g/mol. The molecule has 0 heterocycles. The van der Waals surface area contributed by atoms with Crippen LogP contribution in [0.2, 0.25) is 0 Å². The smallest absolute Gasteiger partial charge is 0.394 e. The van der Waals surface area contributed by atoms with Gasteiger partial charge in [0.15, 0.2) is 0 Å². The van der Waals surface area contributed by atoms with E-state index in [4.69, 9.17) is 10.2 Å². The third kappa shape index (κ3) is 6.57. The Morgan fingerprint density at radius 1 is 1.25 bits per heavy atom. The van der Waals surface area contributed by atoms with E-state index >= 15 is 0 Å². The topological polar surface area (TPSA) is 104 Å². The molecule has 0 bridgehead atoms. The van der Waals surface area contributed by atoms with Gasteiger partial charge in [0.25, 0.3) is 0 Å². The second-order valence-electron chi connectivity index (χ2n) is 3.10. The Bertz CT molecular complexity index is 282. The predicted octanol–water partition coefficient (Wildman–Crippen LogP) is 0.430. The molecule has 0 spiro atoms. The van der Waals surface area contributed by atoms with Crippen molar-refractivity contribution in [1.82, 2.24) is 5.32 Å². The minimum Gasteiger partial charge on any atom is -0.480 e. The first-order chi connectivity index (χ1) is 7.34. The van der Waals surface area contributed by atoms with E-state index in [0.29, 0.717) is 5.25 Å². The van der Waals surface area contributed by atoms with E-state index in [1.165, 1.54) is 21.6 Å². The molecule has 0 radical (unpaired) electrons. The fourth-order valence-corrected chi connectivity index (χ4v) is 2.81. The zero-order valence-electron chi connectivity index (χ0n) is 8.80. The number of carbonyl (C=O) groups excluding carboxylic acids is 1. The summed E-state index contributed by atoms with van der Waals surface area (Å²) in [6.45, 7) is 3.90. The van der Waals surface area contributed by atoms with Crippen molar-refractivity contribution in [3.63, 3.8) is 0 Å². The van der Waals surface area contributed by atoms with Gasteiger partial charge in [-0.1, -0.05) is 35.4 Å². The first-order valence-corrected chi connectivity index (χ1v) is 6.77. The van der Waals surface area contributed by atoms with Gasteiger partial charge in [0, 0.05) is 11.0 Å². The molecule has 0 aromatic carbocycles. The lowest BCUT2D eigenvalue weighted by Crippen LogP contribution is -2.45. The summed E-state index contributed by atoms with van der Waals surface area (Å²) in [6.07, 6.45) is 0. The molecule has 0 aromatic heterocycles. The molecule has 3 N–H and O–H groups in total.